The van der Waals surface area contributed by atoms with E-state index in [2.05, 4.69) is 18.0 Å². The number of anilines is 1. The molecule has 0 spiro atoms. The van der Waals surface area contributed by atoms with Gasteiger partial charge in [-0.15, -0.1) is 0 Å². The molecule has 0 unspecified atom stereocenters. The first kappa shape index (κ1) is 15.2. The molecule has 2 N–H and O–H groups in total. The van der Waals surface area contributed by atoms with Crippen LogP contribution in [0.15, 0.2) is 48.5 Å². The van der Waals surface area contributed by atoms with Gasteiger partial charge in [-0.3, -0.25) is 4.90 Å². The average Bonchev–Trinajstić information content (AvgIpc) is 2.47. The maximum absolute atomic E-state index is 5.79. The Morgan fingerprint density at radius 2 is 1.81 bits per heavy atom. The Labute approximate surface area is 126 Å². The second-order valence-corrected chi connectivity index (χ2v) is 4.98. The van der Waals surface area contributed by atoms with E-state index in [1.807, 2.05) is 42.5 Å². The molecule has 0 saturated heterocycles. The SMILES string of the molecule is COc1ccccc1OCCN(C)Cc1cccc(N)c1. The molecule has 0 aliphatic carbocycles. The summed E-state index contributed by atoms with van der Waals surface area (Å²) in [4.78, 5) is 2.20. The molecule has 0 fully saturated rings. The second-order valence-electron chi connectivity index (χ2n) is 4.98. The molecule has 4 nitrogen and oxygen atoms in total. The van der Waals surface area contributed by atoms with Crippen LogP contribution in [-0.2, 0) is 6.54 Å². The van der Waals surface area contributed by atoms with Crippen molar-refractivity contribution in [1.82, 2.24) is 4.90 Å². The molecule has 112 valence electrons. The van der Waals surface area contributed by atoms with E-state index in [0.29, 0.717) is 6.61 Å². The highest BCUT2D eigenvalue weighted by atomic mass is 16.5. The summed E-state index contributed by atoms with van der Waals surface area (Å²) < 4.78 is 11.0. The number of para-hydroxylation sites is 2. The molecule has 2 aromatic carbocycles. The van der Waals surface area contributed by atoms with Crippen molar-refractivity contribution < 1.29 is 9.47 Å². The fourth-order valence-electron chi connectivity index (χ4n) is 2.13. The first-order chi connectivity index (χ1) is 10.2. The summed E-state index contributed by atoms with van der Waals surface area (Å²) in [6.45, 7) is 2.28. The van der Waals surface area contributed by atoms with Crippen molar-refractivity contribution in [3.8, 4) is 11.5 Å². The summed E-state index contributed by atoms with van der Waals surface area (Å²) in [6, 6.07) is 15.6. The van der Waals surface area contributed by atoms with Crippen LogP contribution in [-0.4, -0.2) is 32.2 Å². The van der Waals surface area contributed by atoms with Crippen LogP contribution in [0.1, 0.15) is 5.56 Å². The lowest BCUT2D eigenvalue weighted by molar-refractivity contribution is 0.226. The number of rotatable bonds is 7. The van der Waals surface area contributed by atoms with Crippen LogP contribution < -0.4 is 15.2 Å². The number of ether oxygens (including phenoxy) is 2. The topological polar surface area (TPSA) is 47.7 Å². The molecule has 2 rings (SSSR count). The maximum atomic E-state index is 5.79. The molecule has 2 aromatic rings. The maximum Gasteiger partial charge on any atom is 0.161 e. The highest BCUT2D eigenvalue weighted by Crippen LogP contribution is 2.25. The van der Waals surface area contributed by atoms with Crippen LogP contribution in [0.4, 0.5) is 5.69 Å². The van der Waals surface area contributed by atoms with E-state index in [4.69, 9.17) is 15.2 Å². The van der Waals surface area contributed by atoms with Crippen molar-refractivity contribution >= 4 is 5.69 Å². The van der Waals surface area contributed by atoms with Gasteiger partial charge in [0.2, 0.25) is 0 Å². The average molecular weight is 286 g/mol. The van der Waals surface area contributed by atoms with E-state index in [9.17, 15) is 0 Å². The van der Waals surface area contributed by atoms with Gasteiger partial charge >= 0.3 is 0 Å². The minimum Gasteiger partial charge on any atom is -0.493 e. The monoisotopic (exact) mass is 286 g/mol. The summed E-state index contributed by atoms with van der Waals surface area (Å²) in [7, 11) is 3.71. The number of nitrogens with zero attached hydrogens (tertiary/aromatic N) is 1. The Bertz CT molecular complexity index is 572. The fraction of sp³-hybridized carbons (Fsp3) is 0.294. The van der Waals surface area contributed by atoms with Gasteiger partial charge in [0.05, 0.1) is 7.11 Å². The zero-order chi connectivity index (χ0) is 15.1. The number of hydrogen-bond donors (Lipinski definition) is 1. The Hall–Kier alpha value is -2.20. The molecule has 0 bridgehead atoms. The van der Waals surface area contributed by atoms with Gasteiger partial charge in [-0.25, -0.2) is 0 Å². The summed E-state index contributed by atoms with van der Waals surface area (Å²) in [5, 5.41) is 0. The fourth-order valence-corrected chi connectivity index (χ4v) is 2.13. The van der Waals surface area contributed by atoms with Crippen molar-refractivity contribution in [2.75, 3.05) is 33.0 Å². The molecule has 21 heavy (non-hydrogen) atoms. The largest absolute Gasteiger partial charge is 0.493 e. The summed E-state index contributed by atoms with van der Waals surface area (Å²) in [5.74, 6) is 1.54. The number of likely N-dealkylation sites (N-methyl/N-ethyl adjacent to an activating group) is 1. The number of benzene rings is 2. The molecule has 4 heteroatoms. The molecule has 0 saturated carbocycles. The number of methoxy groups -OCH3 is 1. The number of nitrogens with two attached hydrogens (primary N) is 1. The molecule has 0 amide bonds. The summed E-state index contributed by atoms with van der Waals surface area (Å²) >= 11 is 0. The molecule has 0 atom stereocenters. The Morgan fingerprint density at radius 1 is 1.05 bits per heavy atom. The zero-order valence-electron chi connectivity index (χ0n) is 12.6. The van der Waals surface area contributed by atoms with Crippen molar-refractivity contribution in [1.29, 1.82) is 0 Å². The first-order valence-electron chi connectivity index (χ1n) is 6.98. The lowest BCUT2D eigenvalue weighted by atomic mass is 10.2. The Kier molecular flexibility index (Phi) is 5.46. The third kappa shape index (κ3) is 4.68. The zero-order valence-corrected chi connectivity index (χ0v) is 12.6. The molecule has 0 heterocycles. The standard InChI is InChI=1S/C17H22N2O2/c1-19(13-14-6-5-7-15(18)12-14)10-11-21-17-9-4-3-8-16(17)20-2/h3-9,12H,10-11,13,18H2,1-2H3. The second kappa shape index (κ2) is 7.55. The molecule has 0 radical (unpaired) electrons. The van der Waals surface area contributed by atoms with E-state index in [0.717, 1.165) is 30.3 Å². The van der Waals surface area contributed by atoms with Crippen LogP contribution in [0.2, 0.25) is 0 Å². The van der Waals surface area contributed by atoms with Gasteiger partial charge in [-0.05, 0) is 36.9 Å². The van der Waals surface area contributed by atoms with Gasteiger partial charge in [0.15, 0.2) is 11.5 Å². The van der Waals surface area contributed by atoms with Crippen LogP contribution in [0.5, 0.6) is 11.5 Å². The van der Waals surface area contributed by atoms with Crippen molar-refractivity contribution in [3.05, 3.63) is 54.1 Å². The van der Waals surface area contributed by atoms with Crippen LogP contribution in [0, 0.1) is 0 Å². The van der Waals surface area contributed by atoms with Gasteiger partial charge in [0.1, 0.15) is 6.61 Å². The van der Waals surface area contributed by atoms with Crippen LogP contribution >= 0.6 is 0 Å². The number of nitrogen functional groups attached to an aromatic ring is 1. The first-order valence-corrected chi connectivity index (χ1v) is 6.98. The molecular weight excluding hydrogens is 264 g/mol. The van der Waals surface area contributed by atoms with Gasteiger partial charge in [-0.2, -0.15) is 0 Å². The molecule has 0 aliphatic rings. The van der Waals surface area contributed by atoms with E-state index in [1.165, 1.54) is 5.56 Å². The van der Waals surface area contributed by atoms with E-state index < -0.39 is 0 Å². The minimum atomic E-state index is 0.610. The lowest BCUT2D eigenvalue weighted by Crippen LogP contribution is -2.24. The molecule has 0 aliphatic heterocycles. The lowest BCUT2D eigenvalue weighted by Gasteiger charge is -2.18. The highest BCUT2D eigenvalue weighted by Gasteiger charge is 2.04. The smallest absolute Gasteiger partial charge is 0.161 e. The summed E-state index contributed by atoms with van der Waals surface area (Å²) in [5.41, 5.74) is 7.79. The Morgan fingerprint density at radius 3 is 2.52 bits per heavy atom. The molecule has 0 aromatic heterocycles. The van der Waals surface area contributed by atoms with Crippen LogP contribution in [0.25, 0.3) is 0 Å². The van der Waals surface area contributed by atoms with E-state index in [1.54, 1.807) is 7.11 Å². The number of hydrogen-bond acceptors (Lipinski definition) is 4. The third-order valence-electron chi connectivity index (χ3n) is 3.20. The van der Waals surface area contributed by atoms with Gasteiger partial charge < -0.3 is 15.2 Å². The van der Waals surface area contributed by atoms with Gasteiger partial charge in [0.25, 0.3) is 0 Å². The third-order valence-corrected chi connectivity index (χ3v) is 3.20. The Balaban J connectivity index is 1.80. The normalized spacial score (nSPS) is 10.6. The van der Waals surface area contributed by atoms with Crippen molar-refractivity contribution in [3.63, 3.8) is 0 Å². The highest BCUT2D eigenvalue weighted by molar-refractivity contribution is 5.40. The van der Waals surface area contributed by atoms with E-state index in [-0.39, 0.29) is 0 Å². The van der Waals surface area contributed by atoms with Crippen molar-refractivity contribution in [2.24, 2.45) is 0 Å². The van der Waals surface area contributed by atoms with E-state index >= 15 is 0 Å². The predicted octanol–water partition coefficient (Wildman–Crippen LogP) is 2.79. The van der Waals surface area contributed by atoms with Gasteiger partial charge in [0, 0.05) is 18.8 Å². The van der Waals surface area contributed by atoms with Crippen LogP contribution in [0.3, 0.4) is 0 Å². The summed E-state index contributed by atoms with van der Waals surface area (Å²) in [6.07, 6.45) is 0. The van der Waals surface area contributed by atoms with Crippen molar-refractivity contribution in [2.45, 2.75) is 6.54 Å². The van der Waals surface area contributed by atoms with Gasteiger partial charge in [-0.1, -0.05) is 24.3 Å². The molecular formula is C17H22N2O2. The predicted molar refractivity (Wildman–Crippen MR) is 85.7 cm³/mol. The minimum absolute atomic E-state index is 0.610. The quantitative estimate of drug-likeness (QED) is 0.795.